The number of carbonyl (C=O) groups excluding carboxylic acids is 1. The van der Waals surface area contributed by atoms with Gasteiger partial charge in [0, 0.05) is 40.1 Å². The van der Waals surface area contributed by atoms with Crippen molar-refractivity contribution in [2.24, 2.45) is 0 Å². The molecule has 0 aliphatic rings. The first-order valence-corrected chi connectivity index (χ1v) is 12.0. The monoisotopic (exact) mass is 481 g/mol. The lowest BCUT2D eigenvalue weighted by Crippen LogP contribution is -2.07. The lowest BCUT2D eigenvalue weighted by molar-refractivity contribution is -0.140. The van der Waals surface area contributed by atoms with Crippen molar-refractivity contribution in [2.45, 2.75) is 56.4 Å². The third-order valence-electron chi connectivity index (χ3n) is 4.97. The maximum atomic E-state index is 13.8. The summed E-state index contributed by atoms with van der Waals surface area (Å²) >= 11 is 2.96. The van der Waals surface area contributed by atoms with Gasteiger partial charge in [-0.25, -0.2) is 9.37 Å². The smallest absolute Gasteiger partial charge is 0.300 e. The van der Waals surface area contributed by atoms with Crippen LogP contribution in [0.1, 0.15) is 47.8 Å². The molecule has 0 saturated carbocycles. The van der Waals surface area contributed by atoms with Crippen LogP contribution in [-0.2, 0) is 23.1 Å². The molecule has 170 valence electrons. The van der Waals surface area contributed by atoms with Gasteiger partial charge >= 0.3 is 6.18 Å². The summed E-state index contributed by atoms with van der Waals surface area (Å²) in [5.74, 6) is -0.360. The Morgan fingerprint density at radius 3 is 2.56 bits per heavy atom. The van der Waals surface area contributed by atoms with E-state index in [0.29, 0.717) is 34.9 Å². The molecule has 0 saturated heterocycles. The van der Waals surface area contributed by atoms with E-state index in [1.807, 2.05) is 19.9 Å². The Bertz CT molecular complexity index is 1090. The molecule has 3 rings (SSSR count). The first-order chi connectivity index (χ1) is 15.2. The second-order valence-corrected chi connectivity index (χ2v) is 9.65. The molecule has 0 fully saturated rings. The number of aryl methyl sites for hydroxylation is 2. The second kappa shape index (κ2) is 10.6. The number of thiazole rings is 1. The van der Waals surface area contributed by atoms with Gasteiger partial charge in [-0.15, -0.1) is 23.1 Å². The van der Waals surface area contributed by atoms with Gasteiger partial charge in [0.15, 0.2) is 0 Å². The van der Waals surface area contributed by atoms with Gasteiger partial charge in [0.2, 0.25) is 0 Å². The van der Waals surface area contributed by atoms with Crippen LogP contribution in [0.2, 0.25) is 0 Å². The quantitative estimate of drug-likeness (QED) is 0.230. The van der Waals surface area contributed by atoms with Crippen LogP contribution < -0.4 is 0 Å². The molecular formula is C24H23F4NOS2. The van der Waals surface area contributed by atoms with Gasteiger partial charge in [-0.3, -0.25) is 4.79 Å². The fourth-order valence-corrected chi connectivity index (χ4v) is 5.18. The van der Waals surface area contributed by atoms with Crippen LogP contribution in [0, 0.1) is 12.7 Å². The van der Waals surface area contributed by atoms with Crippen LogP contribution in [0.4, 0.5) is 17.6 Å². The predicted molar refractivity (Wildman–Crippen MR) is 121 cm³/mol. The molecule has 0 N–H and O–H groups in total. The highest BCUT2D eigenvalue weighted by molar-refractivity contribution is 7.98. The van der Waals surface area contributed by atoms with Crippen molar-refractivity contribution in [3.63, 3.8) is 0 Å². The average Bonchev–Trinajstić information content (AvgIpc) is 3.20. The number of aromatic nitrogens is 1. The summed E-state index contributed by atoms with van der Waals surface area (Å²) in [7, 11) is 0. The highest BCUT2D eigenvalue weighted by Gasteiger charge is 2.34. The minimum atomic E-state index is -4.72. The Balaban J connectivity index is 1.61. The largest absolute Gasteiger partial charge is 0.419 e. The van der Waals surface area contributed by atoms with E-state index in [0.717, 1.165) is 40.3 Å². The van der Waals surface area contributed by atoms with Crippen LogP contribution in [-0.4, -0.2) is 10.8 Å². The zero-order chi connectivity index (χ0) is 23.3. The summed E-state index contributed by atoms with van der Waals surface area (Å²) in [6.45, 7) is 4.04. The van der Waals surface area contributed by atoms with Crippen molar-refractivity contribution in [3.8, 4) is 10.6 Å². The first-order valence-electron chi connectivity index (χ1n) is 10.2. The van der Waals surface area contributed by atoms with E-state index < -0.39 is 17.6 Å². The maximum absolute atomic E-state index is 13.8. The Morgan fingerprint density at radius 1 is 1.12 bits per heavy atom. The van der Waals surface area contributed by atoms with Crippen LogP contribution in [0.15, 0.2) is 47.5 Å². The van der Waals surface area contributed by atoms with Crippen molar-refractivity contribution < 1.29 is 22.4 Å². The minimum Gasteiger partial charge on any atom is -0.300 e. The van der Waals surface area contributed by atoms with Crippen molar-refractivity contribution in [3.05, 3.63) is 70.0 Å². The molecule has 1 aromatic heterocycles. The number of halogens is 4. The van der Waals surface area contributed by atoms with E-state index >= 15 is 0 Å². The Hall–Kier alpha value is -2.19. The molecule has 2 nitrogen and oxygen atoms in total. The van der Waals surface area contributed by atoms with E-state index in [4.69, 9.17) is 0 Å². The van der Waals surface area contributed by atoms with Crippen molar-refractivity contribution in [1.29, 1.82) is 0 Å². The molecule has 8 heteroatoms. The minimum absolute atomic E-state index is 0.291. The van der Waals surface area contributed by atoms with Gasteiger partial charge in [-0.05, 0) is 55.2 Å². The second-order valence-electron chi connectivity index (χ2n) is 7.49. The molecule has 0 spiro atoms. The SMILES string of the molecule is CCCC(=O)CCc1ccc(SCc2cnc(-c3ccc(C(F)(F)F)c(F)c3)s2)cc1C. The topological polar surface area (TPSA) is 30.0 Å². The van der Waals surface area contributed by atoms with Crippen molar-refractivity contribution in [1.82, 2.24) is 4.98 Å². The van der Waals surface area contributed by atoms with Gasteiger partial charge < -0.3 is 0 Å². The summed E-state index contributed by atoms with van der Waals surface area (Å²) in [5.41, 5.74) is 1.37. The van der Waals surface area contributed by atoms with Crippen LogP contribution in [0.25, 0.3) is 10.6 Å². The fourth-order valence-electron chi connectivity index (χ4n) is 3.26. The molecule has 0 unspecified atom stereocenters. The van der Waals surface area contributed by atoms with E-state index in [1.165, 1.54) is 23.0 Å². The molecule has 0 radical (unpaired) electrons. The number of alkyl halides is 3. The Kier molecular flexibility index (Phi) is 8.11. The van der Waals surface area contributed by atoms with Crippen LogP contribution in [0.5, 0.6) is 0 Å². The first kappa shape index (κ1) is 24.5. The van der Waals surface area contributed by atoms with E-state index in [2.05, 4.69) is 17.1 Å². The number of benzene rings is 2. The van der Waals surface area contributed by atoms with Gasteiger partial charge in [-0.2, -0.15) is 13.2 Å². The molecule has 1 heterocycles. The fraction of sp³-hybridized carbons (Fsp3) is 0.333. The summed E-state index contributed by atoms with van der Waals surface area (Å²) in [6, 6.07) is 9.06. The molecule has 0 aliphatic carbocycles. The zero-order valence-corrected chi connectivity index (χ0v) is 19.4. The number of Topliss-reactive ketones (excluding diaryl/α,β-unsaturated/α-hetero) is 1. The molecule has 2 aromatic carbocycles. The van der Waals surface area contributed by atoms with Crippen LogP contribution >= 0.6 is 23.1 Å². The Labute approximate surface area is 193 Å². The molecule has 0 bridgehead atoms. The lowest BCUT2D eigenvalue weighted by atomic mass is 10.0. The summed E-state index contributed by atoms with van der Waals surface area (Å²) in [4.78, 5) is 18.0. The molecule has 3 aromatic rings. The summed E-state index contributed by atoms with van der Waals surface area (Å²) in [5, 5.41) is 0.483. The number of rotatable bonds is 9. The van der Waals surface area contributed by atoms with Gasteiger partial charge in [-0.1, -0.05) is 19.1 Å². The highest BCUT2D eigenvalue weighted by Crippen LogP contribution is 2.35. The van der Waals surface area contributed by atoms with Crippen molar-refractivity contribution in [2.75, 3.05) is 0 Å². The summed E-state index contributed by atoms with van der Waals surface area (Å²) in [6.07, 6.45) is -0.231. The van der Waals surface area contributed by atoms with Crippen molar-refractivity contribution >= 4 is 28.9 Å². The number of nitrogens with zero attached hydrogens (tertiary/aromatic N) is 1. The number of hydrogen-bond donors (Lipinski definition) is 0. The van der Waals surface area contributed by atoms with Crippen LogP contribution in [0.3, 0.4) is 0 Å². The lowest BCUT2D eigenvalue weighted by Gasteiger charge is -2.08. The molecule has 0 amide bonds. The molecule has 0 atom stereocenters. The number of thioether (sulfide) groups is 1. The van der Waals surface area contributed by atoms with E-state index in [1.54, 1.807) is 18.0 Å². The number of carbonyl (C=O) groups is 1. The third-order valence-corrected chi connectivity index (χ3v) is 7.24. The summed E-state index contributed by atoms with van der Waals surface area (Å²) < 4.78 is 52.1. The molecule has 32 heavy (non-hydrogen) atoms. The molecule has 0 aliphatic heterocycles. The van der Waals surface area contributed by atoms with Gasteiger partial charge in [0.1, 0.15) is 16.6 Å². The average molecular weight is 482 g/mol. The zero-order valence-electron chi connectivity index (χ0n) is 17.8. The standard InChI is InChI=1S/C24H23F4NOS2/c1-3-4-18(30)8-5-16-6-9-19(11-15(16)2)31-14-20-13-29-23(32-20)17-7-10-21(22(25)12-17)24(26,27)28/h6-7,9-13H,3-5,8,14H2,1-2H3. The van der Waals surface area contributed by atoms with E-state index in [-0.39, 0.29) is 0 Å². The van der Waals surface area contributed by atoms with Gasteiger partial charge in [0.05, 0.1) is 5.56 Å². The third kappa shape index (κ3) is 6.42. The molecular weight excluding hydrogens is 458 g/mol. The maximum Gasteiger partial charge on any atom is 0.419 e. The predicted octanol–water partition coefficient (Wildman–Crippen LogP) is 7.87. The Morgan fingerprint density at radius 2 is 1.91 bits per heavy atom. The van der Waals surface area contributed by atoms with Gasteiger partial charge in [0.25, 0.3) is 0 Å². The number of hydrogen-bond acceptors (Lipinski definition) is 4. The highest BCUT2D eigenvalue weighted by atomic mass is 32.2. The van der Waals surface area contributed by atoms with E-state index in [9.17, 15) is 22.4 Å². The number of ketones is 1. The normalized spacial score (nSPS) is 11.7.